The first-order valence-electron chi connectivity index (χ1n) is 6.11. The maximum Gasteiger partial charge on any atom is 0.326 e. The van der Waals surface area contributed by atoms with Crippen LogP contribution >= 0.6 is 0 Å². The van der Waals surface area contributed by atoms with Crippen molar-refractivity contribution in [2.24, 2.45) is 0 Å². The summed E-state index contributed by atoms with van der Waals surface area (Å²) in [6, 6.07) is 2.18. The molecule has 108 valence electrons. The van der Waals surface area contributed by atoms with Crippen molar-refractivity contribution in [3.63, 3.8) is 0 Å². The second-order valence-electron chi connectivity index (χ2n) is 4.24. The van der Waals surface area contributed by atoms with Gasteiger partial charge in [0.05, 0.1) is 5.56 Å². The number of nitrogens with one attached hydrogen (secondary N) is 1. The van der Waals surface area contributed by atoms with Gasteiger partial charge >= 0.3 is 5.97 Å². The van der Waals surface area contributed by atoms with Gasteiger partial charge in [-0.1, -0.05) is 0 Å². The van der Waals surface area contributed by atoms with E-state index in [-0.39, 0.29) is 19.0 Å². The molecule has 1 rings (SSSR count). The SMILES string of the molecule is CC(=O)NCCN(C(=O)c1cccnc1)C(C)C(=O)O. The lowest BCUT2D eigenvalue weighted by molar-refractivity contribution is -0.141. The van der Waals surface area contributed by atoms with Crippen molar-refractivity contribution < 1.29 is 19.5 Å². The zero-order chi connectivity index (χ0) is 15.1. The topological polar surface area (TPSA) is 99.6 Å². The first-order valence-corrected chi connectivity index (χ1v) is 6.11. The summed E-state index contributed by atoms with van der Waals surface area (Å²) in [5, 5.41) is 11.6. The summed E-state index contributed by atoms with van der Waals surface area (Å²) in [4.78, 5) is 39.2. The zero-order valence-electron chi connectivity index (χ0n) is 11.4. The van der Waals surface area contributed by atoms with Gasteiger partial charge in [-0.2, -0.15) is 0 Å². The van der Waals surface area contributed by atoms with Crippen LogP contribution in [0.4, 0.5) is 0 Å². The molecule has 1 aromatic rings. The highest BCUT2D eigenvalue weighted by molar-refractivity contribution is 5.96. The highest BCUT2D eigenvalue weighted by atomic mass is 16.4. The minimum atomic E-state index is -1.11. The van der Waals surface area contributed by atoms with Gasteiger partial charge in [0.25, 0.3) is 5.91 Å². The van der Waals surface area contributed by atoms with Gasteiger partial charge < -0.3 is 15.3 Å². The summed E-state index contributed by atoms with van der Waals surface area (Å²) in [7, 11) is 0. The Hall–Kier alpha value is -2.44. The van der Waals surface area contributed by atoms with Crippen LogP contribution < -0.4 is 5.32 Å². The van der Waals surface area contributed by atoms with Crippen LogP contribution in [0, 0.1) is 0 Å². The Morgan fingerprint density at radius 1 is 1.45 bits per heavy atom. The van der Waals surface area contributed by atoms with Crippen LogP contribution in [0.25, 0.3) is 0 Å². The average Bonchev–Trinajstić information content (AvgIpc) is 2.43. The van der Waals surface area contributed by atoms with Gasteiger partial charge in [0, 0.05) is 32.4 Å². The summed E-state index contributed by atoms with van der Waals surface area (Å²) < 4.78 is 0. The number of aliphatic carboxylic acids is 1. The lowest BCUT2D eigenvalue weighted by atomic mass is 10.2. The standard InChI is InChI=1S/C13H17N3O4/c1-9(13(19)20)16(7-6-15-10(2)17)12(18)11-4-3-5-14-8-11/h3-5,8-9H,6-7H2,1-2H3,(H,15,17)(H,19,20). The summed E-state index contributed by atoms with van der Waals surface area (Å²) in [5.74, 6) is -1.77. The van der Waals surface area contributed by atoms with Crippen molar-refractivity contribution in [3.05, 3.63) is 30.1 Å². The van der Waals surface area contributed by atoms with Crippen molar-refractivity contribution in [2.75, 3.05) is 13.1 Å². The smallest absolute Gasteiger partial charge is 0.326 e. The van der Waals surface area contributed by atoms with Crippen LogP contribution in [0.2, 0.25) is 0 Å². The lowest BCUT2D eigenvalue weighted by Crippen LogP contribution is -2.46. The van der Waals surface area contributed by atoms with Gasteiger partial charge in [0.15, 0.2) is 0 Å². The second-order valence-corrected chi connectivity index (χ2v) is 4.24. The summed E-state index contributed by atoms with van der Waals surface area (Å²) in [6.45, 7) is 3.08. The molecular weight excluding hydrogens is 262 g/mol. The Balaban J connectivity index is 2.84. The number of hydrogen-bond donors (Lipinski definition) is 2. The quantitative estimate of drug-likeness (QED) is 0.771. The summed E-state index contributed by atoms with van der Waals surface area (Å²) >= 11 is 0. The van der Waals surface area contributed by atoms with E-state index in [0.717, 1.165) is 0 Å². The van der Waals surface area contributed by atoms with Gasteiger partial charge in [-0.25, -0.2) is 4.79 Å². The van der Waals surface area contributed by atoms with Crippen LogP contribution in [0.3, 0.4) is 0 Å². The third-order valence-corrected chi connectivity index (χ3v) is 2.72. The van der Waals surface area contributed by atoms with Gasteiger partial charge in [0.2, 0.25) is 5.91 Å². The van der Waals surface area contributed by atoms with E-state index in [2.05, 4.69) is 10.3 Å². The van der Waals surface area contributed by atoms with Crippen molar-refractivity contribution in [1.29, 1.82) is 0 Å². The number of carbonyl (C=O) groups excluding carboxylic acids is 2. The molecule has 1 aromatic heterocycles. The first-order chi connectivity index (χ1) is 9.43. The molecule has 1 atom stereocenters. The fraction of sp³-hybridized carbons (Fsp3) is 0.385. The van der Waals surface area contributed by atoms with E-state index in [4.69, 9.17) is 5.11 Å². The summed E-state index contributed by atoms with van der Waals surface area (Å²) in [5.41, 5.74) is 0.309. The fourth-order valence-electron chi connectivity index (χ4n) is 1.61. The third kappa shape index (κ3) is 4.34. The van der Waals surface area contributed by atoms with E-state index in [1.807, 2.05) is 0 Å². The Morgan fingerprint density at radius 2 is 2.15 bits per heavy atom. The van der Waals surface area contributed by atoms with E-state index < -0.39 is 17.9 Å². The molecule has 0 spiro atoms. The predicted molar refractivity (Wildman–Crippen MR) is 71.1 cm³/mol. The molecular formula is C13H17N3O4. The minimum Gasteiger partial charge on any atom is -0.480 e. The molecule has 1 unspecified atom stereocenters. The highest BCUT2D eigenvalue weighted by Gasteiger charge is 2.26. The Bertz CT molecular complexity index is 490. The summed E-state index contributed by atoms with van der Waals surface area (Å²) in [6.07, 6.45) is 2.90. The van der Waals surface area contributed by atoms with Crippen molar-refractivity contribution >= 4 is 17.8 Å². The molecule has 0 fully saturated rings. The van der Waals surface area contributed by atoms with E-state index in [1.165, 1.54) is 31.1 Å². The molecule has 2 amide bonds. The normalized spacial score (nSPS) is 11.5. The van der Waals surface area contributed by atoms with E-state index in [1.54, 1.807) is 12.1 Å². The number of aromatic nitrogens is 1. The monoisotopic (exact) mass is 279 g/mol. The van der Waals surface area contributed by atoms with E-state index in [0.29, 0.717) is 5.56 Å². The third-order valence-electron chi connectivity index (χ3n) is 2.72. The first kappa shape index (κ1) is 15.6. The maximum atomic E-state index is 12.3. The Kier molecular flexibility index (Phi) is 5.64. The fourth-order valence-corrected chi connectivity index (χ4v) is 1.61. The molecule has 0 aliphatic carbocycles. The van der Waals surface area contributed by atoms with Crippen LogP contribution in [0.5, 0.6) is 0 Å². The number of hydrogen-bond acceptors (Lipinski definition) is 4. The molecule has 1 heterocycles. The van der Waals surface area contributed by atoms with Crippen molar-refractivity contribution in [1.82, 2.24) is 15.2 Å². The number of nitrogens with zero attached hydrogens (tertiary/aromatic N) is 2. The molecule has 7 heteroatoms. The maximum absolute atomic E-state index is 12.3. The molecule has 2 N–H and O–H groups in total. The Morgan fingerprint density at radius 3 is 2.65 bits per heavy atom. The number of carboxylic acid groups (broad SMARTS) is 1. The molecule has 20 heavy (non-hydrogen) atoms. The average molecular weight is 279 g/mol. The van der Waals surface area contributed by atoms with Gasteiger partial charge in [-0.3, -0.25) is 14.6 Å². The van der Waals surface area contributed by atoms with Gasteiger partial charge in [0.1, 0.15) is 6.04 Å². The van der Waals surface area contributed by atoms with E-state index in [9.17, 15) is 14.4 Å². The molecule has 0 saturated heterocycles. The largest absolute Gasteiger partial charge is 0.480 e. The van der Waals surface area contributed by atoms with E-state index >= 15 is 0 Å². The van der Waals surface area contributed by atoms with Crippen LogP contribution in [-0.2, 0) is 9.59 Å². The molecule has 7 nitrogen and oxygen atoms in total. The van der Waals surface area contributed by atoms with Crippen molar-refractivity contribution in [2.45, 2.75) is 19.9 Å². The van der Waals surface area contributed by atoms with Crippen LogP contribution in [0.1, 0.15) is 24.2 Å². The second kappa shape index (κ2) is 7.22. The lowest BCUT2D eigenvalue weighted by Gasteiger charge is -2.26. The number of pyridine rings is 1. The molecule has 0 aromatic carbocycles. The molecule has 0 saturated carbocycles. The number of carbonyl (C=O) groups is 3. The molecule has 0 bridgehead atoms. The van der Waals surface area contributed by atoms with Gasteiger partial charge in [-0.05, 0) is 19.1 Å². The highest BCUT2D eigenvalue weighted by Crippen LogP contribution is 2.07. The van der Waals surface area contributed by atoms with Crippen LogP contribution in [-0.4, -0.2) is 51.9 Å². The number of rotatable bonds is 6. The van der Waals surface area contributed by atoms with Gasteiger partial charge in [-0.15, -0.1) is 0 Å². The molecule has 0 aliphatic heterocycles. The molecule has 0 aliphatic rings. The Labute approximate surface area is 116 Å². The number of carboxylic acids is 1. The predicted octanol–water partition coefficient (Wildman–Crippen LogP) is 0.133. The molecule has 0 radical (unpaired) electrons. The minimum absolute atomic E-state index is 0.112. The van der Waals surface area contributed by atoms with Crippen molar-refractivity contribution in [3.8, 4) is 0 Å². The number of amides is 2. The van der Waals surface area contributed by atoms with Crippen LogP contribution in [0.15, 0.2) is 24.5 Å². The zero-order valence-corrected chi connectivity index (χ0v) is 11.4.